The number of halogens is 1. The molecule has 0 aromatic heterocycles. The van der Waals surface area contributed by atoms with Crippen LogP contribution in [0.5, 0.6) is 0 Å². The first-order valence-corrected chi connectivity index (χ1v) is 19.0. The van der Waals surface area contributed by atoms with Gasteiger partial charge in [-0.15, -0.1) is 0 Å². The maximum Gasteiger partial charge on any atom is 0.268 e. The molecule has 0 bridgehead atoms. The average Bonchev–Trinajstić information content (AvgIpc) is 3.64. The van der Waals surface area contributed by atoms with Gasteiger partial charge in [-0.25, -0.2) is 15.9 Å². The second kappa shape index (κ2) is 14.7. The summed E-state index contributed by atoms with van der Waals surface area (Å²) in [7, 11) is 2.81. The van der Waals surface area contributed by atoms with Gasteiger partial charge in [0.25, 0.3) is 23.6 Å². The fourth-order valence-corrected chi connectivity index (χ4v) is 8.55. The number of nitrogens with zero attached hydrogens (tertiary/aromatic N) is 6. The molecule has 18 nitrogen and oxygen atoms in total. The number of methoxy groups -OCH3 is 1. The second-order valence-corrected chi connectivity index (χ2v) is 15.6. The van der Waals surface area contributed by atoms with E-state index >= 15 is 0 Å². The van der Waals surface area contributed by atoms with Crippen molar-refractivity contribution in [3.63, 3.8) is 0 Å². The molecule has 0 aliphatic carbocycles. The minimum absolute atomic E-state index is 0.211. The van der Waals surface area contributed by atoms with E-state index in [4.69, 9.17) is 16.3 Å². The molecule has 7 rings (SSSR count). The van der Waals surface area contributed by atoms with Crippen LogP contribution >= 0.6 is 11.6 Å². The Morgan fingerprint density at radius 2 is 1.56 bits per heavy atom. The van der Waals surface area contributed by atoms with E-state index < -0.39 is 89.4 Å². The van der Waals surface area contributed by atoms with Crippen molar-refractivity contribution in [3.05, 3.63) is 40.6 Å². The van der Waals surface area contributed by atoms with Gasteiger partial charge in [-0.1, -0.05) is 31.5 Å². The number of likely N-dealkylation sites (N-methyl/N-ethyl adjacent to an activating group) is 1. The number of allylic oxidation sites excluding steroid dienone is 1. The first kappa shape index (κ1) is 38.5. The molecule has 8 atom stereocenters. The van der Waals surface area contributed by atoms with Crippen LogP contribution in [0.3, 0.4) is 0 Å². The van der Waals surface area contributed by atoms with Crippen molar-refractivity contribution in [2.45, 2.75) is 101 Å². The highest BCUT2D eigenvalue weighted by molar-refractivity contribution is 6.31. The quantitative estimate of drug-likeness (QED) is 0.261. The Balaban J connectivity index is 1.33. The Labute approximate surface area is 323 Å². The number of carbonyl (C=O) groups excluding carboxylic acids is 6. The summed E-state index contributed by atoms with van der Waals surface area (Å²) in [6, 6.07) is -2.35. The third kappa shape index (κ3) is 6.47. The van der Waals surface area contributed by atoms with Crippen molar-refractivity contribution in [2.75, 3.05) is 32.6 Å². The van der Waals surface area contributed by atoms with Crippen LogP contribution in [0, 0.1) is 5.92 Å². The Kier molecular flexibility index (Phi) is 10.3. The van der Waals surface area contributed by atoms with Crippen molar-refractivity contribution in [2.24, 2.45) is 11.0 Å². The highest BCUT2D eigenvalue weighted by atomic mass is 35.5. The maximum absolute atomic E-state index is 14.9. The summed E-state index contributed by atoms with van der Waals surface area (Å²) in [6.45, 7) is 5.70. The predicted octanol–water partition coefficient (Wildman–Crippen LogP) is -0.400. The van der Waals surface area contributed by atoms with E-state index in [0.717, 1.165) is 5.01 Å². The smallest absolute Gasteiger partial charge is 0.268 e. The summed E-state index contributed by atoms with van der Waals surface area (Å²) in [4.78, 5) is 89.5. The van der Waals surface area contributed by atoms with Gasteiger partial charge in [0.1, 0.15) is 47.7 Å². The molecule has 0 radical (unpaired) electrons. The zero-order chi connectivity index (χ0) is 39.5. The number of anilines is 1. The maximum atomic E-state index is 14.9. The van der Waals surface area contributed by atoms with Crippen LogP contribution in [-0.2, 0) is 39.1 Å². The summed E-state index contributed by atoms with van der Waals surface area (Å²) in [5.41, 5.74) is 5.25. The fraction of sp³-hybridized carbons (Fsp3) is 0.583. The van der Waals surface area contributed by atoms with Gasteiger partial charge in [0.05, 0.1) is 13.3 Å². The minimum Gasteiger partial charge on any atom is -0.495 e. The van der Waals surface area contributed by atoms with E-state index in [-0.39, 0.29) is 25.0 Å². The Morgan fingerprint density at radius 1 is 0.909 bits per heavy atom. The van der Waals surface area contributed by atoms with Crippen LogP contribution in [0.1, 0.15) is 58.4 Å². The molecule has 0 spiro atoms. The zero-order valence-electron chi connectivity index (χ0n) is 31.3. The van der Waals surface area contributed by atoms with E-state index in [1.165, 1.54) is 53.2 Å². The molecule has 6 aliphatic rings. The van der Waals surface area contributed by atoms with Crippen LogP contribution in [0.2, 0.25) is 5.02 Å². The van der Waals surface area contributed by atoms with Gasteiger partial charge in [-0.3, -0.25) is 38.8 Å². The fourth-order valence-electron chi connectivity index (χ4n) is 8.38. The number of rotatable bonds is 2. The molecule has 296 valence electrons. The monoisotopic (exact) mass is 782 g/mol. The molecule has 5 N–H and O–H groups in total. The molecule has 1 aromatic rings. The van der Waals surface area contributed by atoms with Crippen LogP contribution in [-0.4, -0.2) is 141 Å². The van der Waals surface area contributed by atoms with Crippen molar-refractivity contribution in [3.8, 4) is 0 Å². The van der Waals surface area contributed by atoms with Crippen molar-refractivity contribution in [1.82, 2.24) is 41.0 Å². The molecule has 55 heavy (non-hydrogen) atoms. The van der Waals surface area contributed by atoms with E-state index in [2.05, 4.69) is 26.6 Å². The SMILES string of the molecule is COC1=CC2C(=O)N(C)[C@@H](C)C(=O)N3NCCC[C@@H]3C(=O)N3[C@@H](C[C@@]4(O)c5ccc(Cl)cc5N[C@@H]34)C(=O)N[C@H](C(C)C)C(=O)N3NCCC[C@@H]3C(=O)N2N=C1. The first-order valence-electron chi connectivity index (χ1n) is 18.6. The minimum atomic E-state index is -1.74. The van der Waals surface area contributed by atoms with Crippen LogP contribution in [0.15, 0.2) is 35.1 Å². The number of benzene rings is 1. The number of nitrogens with one attached hydrogen (secondary N) is 4. The zero-order valence-corrected chi connectivity index (χ0v) is 32.1. The van der Waals surface area contributed by atoms with Gasteiger partial charge in [0, 0.05) is 42.8 Å². The molecule has 1 aromatic carbocycles. The second-order valence-electron chi connectivity index (χ2n) is 15.2. The lowest BCUT2D eigenvalue weighted by atomic mass is 9.91. The number of hydrazone groups is 1. The van der Waals surface area contributed by atoms with Gasteiger partial charge in [-0.2, -0.15) is 5.10 Å². The molecule has 4 saturated heterocycles. The molecule has 19 heteroatoms. The van der Waals surface area contributed by atoms with Crippen LogP contribution in [0.4, 0.5) is 5.69 Å². The average molecular weight is 783 g/mol. The van der Waals surface area contributed by atoms with Gasteiger partial charge in [0.2, 0.25) is 11.8 Å². The molecular formula is C36H47ClN10O8. The summed E-state index contributed by atoms with van der Waals surface area (Å²) >= 11 is 6.30. The lowest BCUT2D eigenvalue weighted by molar-refractivity contribution is -0.162. The normalized spacial score (nSPS) is 33.1. The van der Waals surface area contributed by atoms with Crippen molar-refractivity contribution in [1.29, 1.82) is 0 Å². The number of hydrazine groups is 2. The Hall–Kier alpha value is -4.78. The van der Waals surface area contributed by atoms with Gasteiger partial charge >= 0.3 is 0 Å². The predicted molar refractivity (Wildman–Crippen MR) is 197 cm³/mol. The molecule has 0 saturated carbocycles. The lowest BCUT2D eigenvalue weighted by Gasteiger charge is -2.43. The molecule has 1 unspecified atom stereocenters. The van der Waals surface area contributed by atoms with E-state index in [9.17, 15) is 33.9 Å². The number of carbonyl (C=O) groups is 6. The topological polar surface area (TPSA) is 209 Å². The molecule has 6 heterocycles. The van der Waals surface area contributed by atoms with Crippen LogP contribution in [0.25, 0.3) is 0 Å². The number of hydrogen-bond donors (Lipinski definition) is 5. The summed E-state index contributed by atoms with van der Waals surface area (Å²) < 4.78 is 5.36. The highest BCUT2D eigenvalue weighted by Gasteiger charge is 2.62. The highest BCUT2D eigenvalue weighted by Crippen LogP contribution is 2.50. The molecule has 6 amide bonds. The van der Waals surface area contributed by atoms with Gasteiger partial charge in [0.15, 0.2) is 6.04 Å². The Morgan fingerprint density at radius 3 is 2.22 bits per heavy atom. The third-order valence-electron chi connectivity index (χ3n) is 11.5. The standard InChI is InChI=1S/C36H47ClN10O8/c1-18(2)28-34(53)46-25(9-7-13-39-46)33(52)47-26(15-21(55-5)17-40-47)31(50)43(4)19(3)30(49)45-24(8-6-12-38-45)32(51)44-27(29(48)42-28)16-36(54)22-11-10-20(37)14-23(22)41-35(36)44/h10-11,14-15,17-19,24-28,35,38-39,41,54H,6-9,12-13,16H2,1-5H3,(H,42,48)/t19-,24+,25+,26?,27-,28+,35-,36+/m0/s1. The lowest BCUT2D eigenvalue weighted by Crippen LogP contribution is -2.67. The third-order valence-corrected chi connectivity index (χ3v) is 11.8. The van der Waals surface area contributed by atoms with Gasteiger partial charge < -0.3 is 30.3 Å². The number of fused-ring (bicyclic) bond motifs is 8. The summed E-state index contributed by atoms with van der Waals surface area (Å²) in [6.07, 6.45) is 2.80. The Bertz CT molecular complexity index is 1860. The van der Waals surface area contributed by atoms with Crippen molar-refractivity contribution < 1.29 is 38.6 Å². The molecule has 4 fully saturated rings. The summed E-state index contributed by atoms with van der Waals surface area (Å²) in [5, 5.41) is 26.4. The number of ether oxygens (including phenoxy) is 1. The number of amides is 6. The van der Waals surface area contributed by atoms with Gasteiger partial charge in [-0.05, 0) is 56.7 Å². The number of hydrogen-bond acceptors (Lipinski definition) is 12. The molecular weight excluding hydrogens is 736 g/mol. The number of aliphatic hydroxyl groups is 1. The van der Waals surface area contributed by atoms with E-state index in [1.54, 1.807) is 32.0 Å². The summed E-state index contributed by atoms with van der Waals surface area (Å²) in [5.74, 6) is -4.13. The van der Waals surface area contributed by atoms with Crippen molar-refractivity contribution >= 4 is 58.9 Å². The largest absolute Gasteiger partial charge is 0.495 e. The van der Waals surface area contributed by atoms with Crippen LogP contribution < -0.4 is 21.5 Å². The van der Waals surface area contributed by atoms with E-state index in [1.807, 2.05) is 0 Å². The van der Waals surface area contributed by atoms with E-state index in [0.29, 0.717) is 42.2 Å². The molecule has 6 aliphatic heterocycles. The first-order chi connectivity index (χ1) is 26.2.